The second-order valence-electron chi connectivity index (χ2n) is 13.9. The molecule has 49 heavy (non-hydrogen) atoms. The standard InChI is InChI=1S/C16H26N2O4S2.C15H19F3N2O4S/c1-15(2,3)12-10-23-14(17-12)18-13(19)16(4,5)24(20,21)11-6-8-22-9-7-11;1-14(2,25(22,23)11-5-7-24-8-6-11)13(21)20-12-4-3-10(9-19-12)15(16,17)18/h10-11H,6-9H2,1-5H3,(H,17,18,19);3-4,9,11H,5-8H2,1-2H3,(H,19,20,21). The van der Waals surface area contributed by atoms with Crippen LogP contribution in [0.1, 0.15) is 85.4 Å². The number of anilines is 2. The Bertz CT molecular complexity index is 1670. The number of ether oxygens (including phenoxy) is 2. The van der Waals surface area contributed by atoms with Gasteiger partial charge in [-0.05, 0) is 65.5 Å². The van der Waals surface area contributed by atoms with Gasteiger partial charge in [-0.2, -0.15) is 13.2 Å². The van der Waals surface area contributed by atoms with Gasteiger partial charge in [0.15, 0.2) is 24.8 Å². The van der Waals surface area contributed by atoms with Crippen LogP contribution in [0.2, 0.25) is 0 Å². The number of alkyl halides is 3. The van der Waals surface area contributed by atoms with Crippen molar-refractivity contribution in [3.63, 3.8) is 0 Å². The molecular weight excluding hydrogens is 710 g/mol. The van der Waals surface area contributed by atoms with Crippen molar-refractivity contribution in [3.05, 3.63) is 35.0 Å². The average molecular weight is 755 g/mol. The number of nitrogens with one attached hydrogen (secondary N) is 2. The lowest BCUT2D eigenvalue weighted by Gasteiger charge is -2.31. The van der Waals surface area contributed by atoms with Gasteiger partial charge in [0, 0.05) is 43.4 Å². The van der Waals surface area contributed by atoms with Gasteiger partial charge >= 0.3 is 6.18 Å². The van der Waals surface area contributed by atoms with Crippen LogP contribution in [0.4, 0.5) is 24.1 Å². The van der Waals surface area contributed by atoms with Crippen LogP contribution in [0.25, 0.3) is 0 Å². The molecule has 12 nitrogen and oxygen atoms in total. The zero-order valence-corrected chi connectivity index (χ0v) is 31.1. The van der Waals surface area contributed by atoms with Crippen molar-refractivity contribution in [1.82, 2.24) is 9.97 Å². The van der Waals surface area contributed by atoms with Gasteiger partial charge in [-0.3, -0.25) is 9.59 Å². The third kappa shape index (κ3) is 9.56. The molecule has 0 saturated carbocycles. The first-order chi connectivity index (χ1) is 22.4. The number of pyridine rings is 1. The largest absolute Gasteiger partial charge is 0.417 e. The smallest absolute Gasteiger partial charge is 0.381 e. The van der Waals surface area contributed by atoms with E-state index in [1.54, 1.807) is 0 Å². The van der Waals surface area contributed by atoms with Gasteiger partial charge in [0.2, 0.25) is 11.8 Å². The number of aromatic nitrogens is 2. The molecule has 0 unspecified atom stereocenters. The summed E-state index contributed by atoms with van der Waals surface area (Å²) in [6.45, 7) is 13.0. The van der Waals surface area contributed by atoms with E-state index < -0.39 is 63.2 Å². The summed E-state index contributed by atoms with van der Waals surface area (Å²) in [7, 11) is -7.43. The molecule has 4 rings (SSSR count). The van der Waals surface area contributed by atoms with E-state index in [0.717, 1.165) is 17.8 Å². The quantitative estimate of drug-likeness (QED) is 0.367. The number of hydrogen-bond donors (Lipinski definition) is 2. The Hall–Kier alpha value is -2.67. The molecule has 2 aliphatic rings. The Kier molecular flexibility index (Phi) is 12.7. The third-order valence-electron chi connectivity index (χ3n) is 8.56. The molecule has 2 fully saturated rings. The summed E-state index contributed by atoms with van der Waals surface area (Å²) in [5.74, 6) is -1.52. The van der Waals surface area contributed by atoms with Gasteiger partial charge in [0.25, 0.3) is 0 Å². The number of hydrogen-bond acceptors (Lipinski definition) is 11. The first-order valence-electron chi connectivity index (χ1n) is 15.7. The lowest BCUT2D eigenvalue weighted by Crippen LogP contribution is -2.50. The van der Waals surface area contributed by atoms with Crippen molar-refractivity contribution < 1.29 is 49.1 Å². The molecule has 2 aromatic heterocycles. The molecule has 2 saturated heterocycles. The molecule has 0 radical (unpaired) electrons. The SMILES string of the molecule is CC(C)(C(=O)Nc1ccc(C(F)(F)F)cn1)S(=O)(=O)C1CCOCC1.CC(C)(C)c1csc(NC(=O)C(C)(C)S(=O)(=O)C2CCOCC2)n1. The van der Waals surface area contributed by atoms with Crippen LogP contribution in [0.15, 0.2) is 23.7 Å². The van der Waals surface area contributed by atoms with E-state index in [4.69, 9.17) is 9.47 Å². The van der Waals surface area contributed by atoms with Crippen LogP contribution in [0, 0.1) is 0 Å². The Morgan fingerprint density at radius 2 is 1.22 bits per heavy atom. The molecule has 4 heterocycles. The lowest BCUT2D eigenvalue weighted by molar-refractivity contribution is -0.137. The van der Waals surface area contributed by atoms with Crippen LogP contribution in [-0.4, -0.2) is 85.0 Å². The second kappa shape index (κ2) is 15.3. The number of amides is 2. The topological polar surface area (TPSA) is 171 Å². The molecule has 0 bridgehead atoms. The number of halogens is 3. The van der Waals surface area contributed by atoms with Crippen LogP contribution < -0.4 is 10.6 Å². The van der Waals surface area contributed by atoms with Gasteiger partial charge in [-0.15, -0.1) is 11.3 Å². The molecule has 2 aromatic rings. The molecule has 0 aromatic carbocycles. The summed E-state index contributed by atoms with van der Waals surface area (Å²) in [4.78, 5) is 33.0. The summed E-state index contributed by atoms with van der Waals surface area (Å²) in [5, 5.41) is 6.05. The maximum absolute atomic E-state index is 12.9. The highest BCUT2D eigenvalue weighted by molar-refractivity contribution is 7.94. The number of carbonyl (C=O) groups is 2. The molecular formula is C31H45F3N4O8S3. The van der Waals surface area contributed by atoms with Crippen molar-refractivity contribution >= 4 is 53.8 Å². The number of sulfone groups is 2. The fourth-order valence-corrected chi connectivity index (χ4v) is 9.73. The minimum atomic E-state index is -4.54. The molecule has 0 atom stereocenters. The summed E-state index contributed by atoms with van der Waals surface area (Å²) in [6.07, 6.45) is -2.49. The van der Waals surface area contributed by atoms with Crippen molar-refractivity contribution in [3.8, 4) is 0 Å². The summed E-state index contributed by atoms with van der Waals surface area (Å²) in [5.41, 5.74) is -0.212. The second-order valence-corrected chi connectivity index (χ2v) is 20.3. The summed E-state index contributed by atoms with van der Waals surface area (Å²) >= 11 is 1.31. The van der Waals surface area contributed by atoms with E-state index >= 15 is 0 Å². The van der Waals surface area contributed by atoms with E-state index in [9.17, 15) is 39.6 Å². The van der Waals surface area contributed by atoms with Crippen molar-refractivity contribution in [2.24, 2.45) is 0 Å². The predicted octanol–water partition coefficient (Wildman–Crippen LogP) is 5.16. The number of carbonyl (C=O) groups excluding carboxylic acids is 2. The molecule has 276 valence electrons. The minimum absolute atomic E-state index is 0.122. The Labute approximate surface area is 289 Å². The molecule has 2 aliphatic heterocycles. The minimum Gasteiger partial charge on any atom is -0.381 e. The van der Waals surface area contributed by atoms with E-state index in [0.29, 0.717) is 63.4 Å². The predicted molar refractivity (Wildman–Crippen MR) is 181 cm³/mol. The number of nitrogens with zero attached hydrogens (tertiary/aromatic N) is 2. The van der Waals surface area contributed by atoms with Gasteiger partial charge in [-0.1, -0.05) is 20.8 Å². The maximum atomic E-state index is 12.9. The van der Waals surface area contributed by atoms with Gasteiger partial charge in [0.05, 0.1) is 21.8 Å². The van der Waals surface area contributed by atoms with Crippen molar-refractivity contribution in [2.75, 3.05) is 37.1 Å². The molecule has 2 N–H and O–H groups in total. The zero-order chi connectivity index (χ0) is 37.1. The first-order valence-corrected chi connectivity index (χ1v) is 19.6. The Balaban J connectivity index is 0.000000266. The van der Waals surface area contributed by atoms with Crippen LogP contribution in [-0.2, 0) is 50.3 Å². The molecule has 0 spiro atoms. The average Bonchev–Trinajstić information content (AvgIpc) is 3.51. The van der Waals surface area contributed by atoms with Crippen LogP contribution >= 0.6 is 11.3 Å². The van der Waals surface area contributed by atoms with Gasteiger partial charge in [0.1, 0.15) is 15.3 Å². The highest BCUT2D eigenvalue weighted by Crippen LogP contribution is 2.32. The highest BCUT2D eigenvalue weighted by Gasteiger charge is 2.48. The van der Waals surface area contributed by atoms with E-state index in [1.807, 2.05) is 26.2 Å². The lowest BCUT2D eigenvalue weighted by atomic mass is 9.93. The Morgan fingerprint density at radius 3 is 1.59 bits per heavy atom. The summed E-state index contributed by atoms with van der Waals surface area (Å²) < 4.78 is 95.9. The van der Waals surface area contributed by atoms with E-state index in [-0.39, 0.29) is 11.2 Å². The first kappa shape index (κ1) is 40.8. The molecule has 18 heteroatoms. The maximum Gasteiger partial charge on any atom is 0.417 e. The van der Waals surface area contributed by atoms with Crippen LogP contribution in [0.5, 0.6) is 0 Å². The fourth-order valence-electron chi connectivity index (χ4n) is 4.89. The third-order valence-corrected chi connectivity index (χ3v) is 15.2. The van der Waals surface area contributed by atoms with Gasteiger partial charge < -0.3 is 20.1 Å². The van der Waals surface area contributed by atoms with Gasteiger partial charge in [-0.25, -0.2) is 26.8 Å². The van der Waals surface area contributed by atoms with Crippen LogP contribution in [0.3, 0.4) is 0 Å². The monoisotopic (exact) mass is 754 g/mol. The van der Waals surface area contributed by atoms with Crippen molar-refractivity contribution in [1.29, 1.82) is 0 Å². The van der Waals surface area contributed by atoms with E-state index in [1.165, 1.54) is 39.0 Å². The van der Waals surface area contributed by atoms with E-state index in [2.05, 4.69) is 20.6 Å². The zero-order valence-electron chi connectivity index (χ0n) is 28.6. The molecule has 0 aliphatic carbocycles. The normalized spacial score (nSPS) is 17.5. The van der Waals surface area contributed by atoms with Crippen molar-refractivity contribution in [2.45, 2.75) is 106 Å². The highest BCUT2D eigenvalue weighted by atomic mass is 32.2. The number of rotatable bonds is 8. The fraction of sp³-hybridized carbons (Fsp3) is 0.677. The number of thiazole rings is 1. The summed E-state index contributed by atoms with van der Waals surface area (Å²) in [6, 6.07) is 1.75. The Morgan fingerprint density at radius 1 is 0.776 bits per heavy atom. The molecule has 2 amide bonds.